The highest BCUT2D eigenvalue weighted by Crippen LogP contribution is 2.49. The highest BCUT2D eigenvalue weighted by molar-refractivity contribution is 4.91. The van der Waals surface area contributed by atoms with Gasteiger partial charge in [0, 0.05) is 12.6 Å². The molecule has 0 saturated heterocycles. The van der Waals surface area contributed by atoms with Crippen LogP contribution in [0.5, 0.6) is 0 Å². The molecule has 16 heavy (non-hydrogen) atoms. The molecular formula is C14H27NO. The second-order valence-corrected chi connectivity index (χ2v) is 5.58. The minimum Gasteiger partial charge on any atom is -0.380 e. The molecule has 4 unspecified atom stereocenters. The number of likely N-dealkylation sites (N-methyl/N-ethyl adjacent to an activating group) is 1. The van der Waals surface area contributed by atoms with Crippen molar-refractivity contribution >= 4 is 0 Å². The van der Waals surface area contributed by atoms with Crippen molar-refractivity contribution in [3.8, 4) is 0 Å². The van der Waals surface area contributed by atoms with Crippen molar-refractivity contribution in [2.24, 2.45) is 17.8 Å². The fraction of sp³-hybridized carbons (Fsp3) is 1.00. The molecule has 0 radical (unpaired) electrons. The molecule has 2 saturated carbocycles. The van der Waals surface area contributed by atoms with E-state index in [1.54, 1.807) is 0 Å². The van der Waals surface area contributed by atoms with Crippen LogP contribution in [0, 0.1) is 17.8 Å². The summed E-state index contributed by atoms with van der Waals surface area (Å²) >= 11 is 0. The van der Waals surface area contributed by atoms with Crippen molar-refractivity contribution < 1.29 is 4.74 Å². The van der Waals surface area contributed by atoms with E-state index in [-0.39, 0.29) is 0 Å². The van der Waals surface area contributed by atoms with Crippen LogP contribution in [0.1, 0.15) is 46.0 Å². The van der Waals surface area contributed by atoms with Gasteiger partial charge in [0.15, 0.2) is 0 Å². The van der Waals surface area contributed by atoms with Crippen molar-refractivity contribution in [3.05, 3.63) is 0 Å². The molecule has 0 aromatic carbocycles. The van der Waals surface area contributed by atoms with Crippen LogP contribution in [0.25, 0.3) is 0 Å². The van der Waals surface area contributed by atoms with Crippen LogP contribution in [0.3, 0.4) is 0 Å². The average Bonchev–Trinajstić information content (AvgIpc) is 2.88. The third kappa shape index (κ3) is 2.98. The maximum absolute atomic E-state index is 5.58. The van der Waals surface area contributed by atoms with E-state index in [1.807, 2.05) is 0 Å². The third-order valence-electron chi connectivity index (χ3n) is 4.49. The molecule has 0 heterocycles. The monoisotopic (exact) mass is 225 g/mol. The third-order valence-corrected chi connectivity index (χ3v) is 4.49. The summed E-state index contributed by atoms with van der Waals surface area (Å²) in [6, 6.07) is 0.592. The molecule has 0 aliphatic heterocycles. The normalized spacial score (nSPS) is 34.5. The highest BCUT2D eigenvalue weighted by atomic mass is 16.5. The Labute approximate surface area is 100 Å². The SMILES string of the molecule is CCNC(COCC)CC1CC2CCC1C2. The molecule has 2 aliphatic rings. The fourth-order valence-electron chi connectivity index (χ4n) is 3.79. The maximum atomic E-state index is 5.58. The molecule has 4 atom stereocenters. The second kappa shape index (κ2) is 6.02. The second-order valence-electron chi connectivity index (χ2n) is 5.58. The minimum atomic E-state index is 0.592. The van der Waals surface area contributed by atoms with Crippen molar-refractivity contribution in [1.29, 1.82) is 0 Å². The number of rotatable bonds is 7. The van der Waals surface area contributed by atoms with Gasteiger partial charge < -0.3 is 10.1 Å². The van der Waals surface area contributed by atoms with Crippen molar-refractivity contribution in [2.45, 2.75) is 52.0 Å². The first-order valence-electron chi connectivity index (χ1n) is 7.14. The zero-order valence-corrected chi connectivity index (χ0v) is 10.9. The van der Waals surface area contributed by atoms with E-state index in [2.05, 4.69) is 19.2 Å². The summed E-state index contributed by atoms with van der Waals surface area (Å²) in [6.45, 7) is 7.09. The maximum Gasteiger partial charge on any atom is 0.0619 e. The van der Waals surface area contributed by atoms with Crippen LogP contribution in [0.4, 0.5) is 0 Å². The van der Waals surface area contributed by atoms with Gasteiger partial charge in [-0.1, -0.05) is 13.3 Å². The first-order valence-corrected chi connectivity index (χ1v) is 7.14. The summed E-state index contributed by atoms with van der Waals surface area (Å²) in [5.74, 6) is 3.11. The van der Waals surface area contributed by atoms with Gasteiger partial charge in [-0.2, -0.15) is 0 Å². The topological polar surface area (TPSA) is 21.3 Å². The molecule has 0 aromatic rings. The molecule has 2 aliphatic carbocycles. The van der Waals surface area contributed by atoms with Crippen LogP contribution >= 0.6 is 0 Å². The predicted molar refractivity (Wildman–Crippen MR) is 67.5 cm³/mol. The highest BCUT2D eigenvalue weighted by Gasteiger charge is 2.39. The summed E-state index contributed by atoms with van der Waals surface area (Å²) in [6.07, 6.45) is 7.38. The standard InChI is InChI=1S/C14H27NO/c1-3-15-14(10-16-4-2)9-13-8-11-5-6-12(13)7-11/h11-15H,3-10H2,1-2H3. The van der Waals surface area contributed by atoms with Crippen LogP contribution in [0.15, 0.2) is 0 Å². The number of fused-ring (bicyclic) bond motifs is 2. The van der Waals surface area contributed by atoms with Gasteiger partial charge >= 0.3 is 0 Å². The molecule has 0 aromatic heterocycles. The van der Waals surface area contributed by atoms with E-state index < -0.39 is 0 Å². The lowest BCUT2D eigenvalue weighted by Gasteiger charge is -2.27. The van der Waals surface area contributed by atoms with Gasteiger partial charge in [-0.3, -0.25) is 0 Å². The molecule has 1 N–H and O–H groups in total. The van der Waals surface area contributed by atoms with Crippen LogP contribution in [0.2, 0.25) is 0 Å². The summed E-state index contributed by atoms with van der Waals surface area (Å²) in [5.41, 5.74) is 0. The average molecular weight is 225 g/mol. The van der Waals surface area contributed by atoms with Gasteiger partial charge in [0.05, 0.1) is 6.61 Å². The fourth-order valence-corrected chi connectivity index (χ4v) is 3.79. The Morgan fingerprint density at radius 1 is 1.25 bits per heavy atom. The van der Waals surface area contributed by atoms with Crippen LogP contribution in [-0.4, -0.2) is 25.8 Å². The molecule has 2 bridgehead atoms. The predicted octanol–water partition coefficient (Wildman–Crippen LogP) is 2.83. The van der Waals surface area contributed by atoms with Gasteiger partial charge in [0.25, 0.3) is 0 Å². The van der Waals surface area contributed by atoms with Crippen LogP contribution < -0.4 is 5.32 Å². The molecule has 2 heteroatoms. The number of hydrogen-bond donors (Lipinski definition) is 1. The molecule has 2 fully saturated rings. The molecule has 94 valence electrons. The van der Waals surface area contributed by atoms with Gasteiger partial charge in [0.2, 0.25) is 0 Å². The first-order chi connectivity index (χ1) is 7.83. The summed E-state index contributed by atoms with van der Waals surface area (Å²) in [4.78, 5) is 0. The van der Waals surface area contributed by atoms with E-state index in [9.17, 15) is 0 Å². The van der Waals surface area contributed by atoms with Gasteiger partial charge in [-0.25, -0.2) is 0 Å². The Balaban J connectivity index is 1.76. The van der Waals surface area contributed by atoms with E-state index in [4.69, 9.17) is 4.74 Å². The summed E-state index contributed by atoms with van der Waals surface area (Å²) in [7, 11) is 0. The molecule has 0 amide bonds. The zero-order chi connectivity index (χ0) is 11.4. The lowest BCUT2D eigenvalue weighted by molar-refractivity contribution is 0.109. The van der Waals surface area contributed by atoms with E-state index >= 15 is 0 Å². The van der Waals surface area contributed by atoms with E-state index in [0.29, 0.717) is 6.04 Å². The molecule has 0 spiro atoms. The molecule has 2 nitrogen and oxygen atoms in total. The zero-order valence-electron chi connectivity index (χ0n) is 10.9. The summed E-state index contributed by atoms with van der Waals surface area (Å²) < 4.78 is 5.58. The Morgan fingerprint density at radius 3 is 2.69 bits per heavy atom. The lowest BCUT2D eigenvalue weighted by atomic mass is 9.84. The smallest absolute Gasteiger partial charge is 0.0619 e. The van der Waals surface area contributed by atoms with Crippen LogP contribution in [-0.2, 0) is 4.74 Å². The van der Waals surface area contributed by atoms with Gasteiger partial charge in [0.1, 0.15) is 0 Å². The Morgan fingerprint density at radius 2 is 2.12 bits per heavy atom. The largest absolute Gasteiger partial charge is 0.380 e. The van der Waals surface area contributed by atoms with E-state index in [1.165, 1.54) is 32.1 Å². The molecular weight excluding hydrogens is 198 g/mol. The van der Waals surface area contributed by atoms with Crippen molar-refractivity contribution in [3.63, 3.8) is 0 Å². The number of ether oxygens (including phenoxy) is 1. The minimum absolute atomic E-state index is 0.592. The Bertz CT molecular complexity index is 207. The quantitative estimate of drug-likeness (QED) is 0.719. The number of hydrogen-bond acceptors (Lipinski definition) is 2. The Kier molecular flexibility index (Phi) is 4.66. The first kappa shape index (κ1) is 12.4. The molecule has 2 rings (SSSR count). The lowest BCUT2D eigenvalue weighted by Crippen LogP contribution is -2.36. The van der Waals surface area contributed by atoms with Gasteiger partial charge in [-0.15, -0.1) is 0 Å². The van der Waals surface area contributed by atoms with E-state index in [0.717, 1.165) is 37.5 Å². The van der Waals surface area contributed by atoms with Gasteiger partial charge in [-0.05, 0) is 56.9 Å². The summed E-state index contributed by atoms with van der Waals surface area (Å²) in [5, 5.41) is 3.58. The van der Waals surface area contributed by atoms with Crippen molar-refractivity contribution in [1.82, 2.24) is 5.32 Å². The van der Waals surface area contributed by atoms with Crippen molar-refractivity contribution in [2.75, 3.05) is 19.8 Å². The Hall–Kier alpha value is -0.0800. The number of nitrogens with one attached hydrogen (secondary N) is 1.